The van der Waals surface area contributed by atoms with Gasteiger partial charge in [-0.2, -0.15) is 0 Å². The van der Waals surface area contributed by atoms with Gasteiger partial charge in [0.25, 0.3) is 0 Å². The van der Waals surface area contributed by atoms with E-state index in [1.807, 2.05) is 49.5 Å². The fourth-order valence-electron chi connectivity index (χ4n) is 2.26. The number of para-hydroxylation sites is 1. The van der Waals surface area contributed by atoms with Gasteiger partial charge in [-0.05, 0) is 19.1 Å². The van der Waals surface area contributed by atoms with E-state index in [0.717, 1.165) is 28.3 Å². The molecule has 126 valence electrons. The molecule has 3 aromatic rings. The number of rotatable bonds is 7. The summed E-state index contributed by atoms with van der Waals surface area (Å²) >= 11 is 0. The van der Waals surface area contributed by atoms with Crippen molar-refractivity contribution < 1.29 is 9.26 Å². The molecular formula is C18H20ClN3O2. The molecule has 0 spiro atoms. The van der Waals surface area contributed by atoms with Crippen LogP contribution in [0.3, 0.4) is 0 Å². The summed E-state index contributed by atoms with van der Waals surface area (Å²) in [6.45, 7) is 3.76. The van der Waals surface area contributed by atoms with Crippen LogP contribution in [0.5, 0.6) is 5.75 Å². The van der Waals surface area contributed by atoms with E-state index in [9.17, 15) is 0 Å². The molecule has 2 aromatic heterocycles. The lowest BCUT2D eigenvalue weighted by Gasteiger charge is -2.11. The van der Waals surface area contributed by atoms with E-state index < -0.39 is 0 Å². The molecule has 5 nitrogen and oxygen atoms in total. The van der Waals surface area contributed by atoms with Crippen molar-refractivity contribution in [1.29, 1.82) is 0 Å². The van der Waals surface area contributed by atoms with Gasteiger partial charge >= 0.3 is 0 Å². The summed E-state index contributed by atoms with van der Waals surface area (Å²) in [6.07, 6.45) is 3.57. The average Bonchev–Trinajstić information content (AvgIpc) is 3.00. The van der Waals surface area contributed by atoms with Gasteiger partial charge in [0.2, 0.25) is 0 Å². The molecule has 0 saturated heterocycles. The van der Waals surface area contributed by atoms with Crippen LogP contribution in [0.25, 0.3) is 0 Å². The van der Waals surface area contributed by atoms with Crippen molar-refractivity contribution in [2.75, 3.05) is 0 Å². The van der Waals surface area contributed by atoms with Gasteiger partial charge in [-0.3, -0.25) is 4.98 Å². The van der Waals surface area contributed by atoms with Crippen molar-refractivity contribution in [2.24, 2.45) is 0 Å². The second-order valence-corrected chi connectivity index (χ2v) is 5.29. The molecule has 0 fully saturated rings. The van der Waals surface area contributed by atoms with Crippen LogP contribution in [0, 0.1) is 6.92 Å². The zero-order valence-electron chi connectivity index (χ0n) is 13.4. The Morgan fingerprint density at radius 3 is 2.75 bits per heavy atom. The summed E-state index contributed by atoms with van der Waals surface area (Å²) in [5, 5.41) is 7.32. The molecule has 0 bridgehead atoms. The molecule has 1 aromatic carbocycles. The largest absolute Gasteiger partial charge is 0.489 e. The topological polar surface area (TPSA) is 60.2 Å². The molecule has 2 heterocycles. The first-order valence-electron chi connectivity index (χ1n) is 7.54. The standard InChI is InChI=1S/C18H19N3O2.ClH/c1-14-9-17(21-23-14)12-20-11-16-6-2-3-7-18(16)22-13-15-5-4-8-19-10-15;/h2-10,20H,11-13H2,1H3;1H. The highest BCUT2D eigenvalue weighted by molar-refractivity contribution is 5.85. The summed E-state index contributed by atoms with van der Waals surface area (Å²) in [4.78, 5) is 4.10. The van der Waals surface area contributed by atoms with E-state index in [0.29, 0.717) is 19.7 Å². The van der Waals surface area contributed by atoms with Crippen molar-refractivity contribution in [3.8, 4) is 5.75 Å². The average molecular weight is 346 g/mol. The molecule has 0 unspecified atom stereocenters. The number of nitrogens with zero attached hydrogens (tertiary/aromatic N) is 2. The SMILES string of the molecule is Cc1cc(CNCc2ccccc2OCc2cccnc2)no1.Cl. The number of hydrogen-bond donors (Lipinski definition) is 1. The molecule has 0 atom stereocenters. The Morgan fingerprint density at radius 1 is 1.12 bits per heavy atom. The fraction of sp³-hybridized carbons (Fsp3) is 0.222. The van der Waals surface area contributed by atoms with Crippen molar-refractivity contribution in [2.45, 2.75) is 26.6 Å². The highest BCUT2D eigenvalue weighted by atomic mass is 35.5. The van der Waals surface area contributed by atoms with E-state index >= 15 is 0 Å². The Kier molecular flexibility index (Phi) is 6.78. The van der Waals surface area contributed by atoms with Gasteiger partial charge in [0.05, 0.1) is 5.69 Å². The van der Waals surface area contributed by atoms with E-state index in [-0.39, 0.29) is 12.4 Å². The molecule has 0 aliphatic rings. The molecule has 0 aliphatic heterocycles. The minimum absolute atomic E-state index is 0. The Labute approximate surface area is 147 Å². The third-order valence-electron chi connectivity index (χ3n) is 3.39. The normalized spacial score (nSPS) is 10.2. The minimum Gasteiger partial charge on any atom is -0.489 e. The summed E-state index contributed by atoms with van der Waals surface area (Å²) in [5.41, 5.74) is 3.06. The van der Waals surface area contributed by atoms with Gasteiger partial charge in [-0.1, -0.05) is 29.4 Å². The lowest BCUT2D eigenvalue weighted by atomic mass is 10.2. The maximum Gasteiger partial charge on any atom is 0.133 e. The van der Waals surface area contributed by atoms with Crippen molar-refractivity contribution in [3.63, 3.8) is 0 Å². The fourth-order valence-corrected chi connectivity index (χ4v) is 2.26. The van der Waals surface area contributed by atoms with Crippen molar-refractivity contribution in [3.05, 3.63) is 77.4 Å². The van der Waals surface area contributed by atoms with Crippen LogP contribution in [0.4, 0.5) is 0 Å². The van der Waals surface area contributed by atoms with Gasteiger partial charge in [-0.15, -0.1) is 12.4 Å². The molecule has 24 heavy (non-hydrogen) atoms. The maximum absolute atomic E-state index is 5.92. The number of halogens is 1. The Hall–Kier alpha value is -2.37. The molecule has 0 aliphatic carbocycles. The van der Waals surface area contributed by atoms with Crippen LogP contribution in [0.1, 0.15) is 22.6 Å². The van der Waals surface area contributed by atoms with E-state index in [2.05, 4.69) is 21.5 Å². The Morgan fingerprint density at radius 2 is 2.00 bits per heavy atom. The zero-order valence-corrected chi connectivity index (χ0v) is 14.3. The van der Waals surface area contributed by atoms with Crippen LogP contribution in [-0.4, -0.2) is 10.1 Å². The molecular weight excluding hydrogens is 326 g/mol. The highest BCUT2D eigenvalue weighted by Gasteiger charge is 2.05. The smallest absolute Gasteiger partial charge is 0.133 e. The van der Waals surface area contributed by atoms with E-state index in [4.69, 9.17) is 9.26 Å². The number of aromatic nitrogens is 2. The first-order chi connectivity index (χ1) is 11.3. The van der Waals surface area contributed by atoms with Gasteiger partial charge < -0.3 is 14.6 Å². The van der Waals surface area contributed by atoms with E-state index in [1.165, 1.54) is 0 Å². The zero-order chi connectivity index (χ0) is 15.9. The maximum atomic E-state index is 5.92. The first kappa shape index (κ1) is 18.0. The number of pyridine rings is 1. The molecule has 0 radical (unpaired) electrons. The number of hydrogen-bond acceptors (Lipinski definition) is 5. The number of ether oxygens (including phenoxy) is 1. The third-order valence-corrected chi connectivity index (χ3v) is 3.39. The summed E-state index contributed by atoms with van der Waals surface area (Å²) in [7, 11) is 0. The molecule has 0 saturated carbocycles. The molecule has 1 N–H and O–H groups in total. The van der Waals surface area contributed by atoms with Gasteiger partial charge in [0.1, 0.15) is 18.1 Å². The molecule has 6 heteroatoms. The Balaban J connectivity index is 0.00000208. The van der Waals surface area contributed by atoms with Crippen LogP contribution in [0.15, 0.2) is 59.4 Å². The molecule has 0 amide bonds. The minimum atomic E-state index is 0. The third kappa shape index (κ3) is 5.08. The predicted octanol–water partition coefficient (Wildman–Crippen LogP) is 3.67. The monoisotopic (exact) mass is 345 g/mol. The van der Waals surface area contributed by atoms with Crippen LogP contribution in [0.2, 0.25) is 0 Å². The first-order valence-corrected chi connectivity index (χ1v) is 7.54. The quantitative estimate of drug-likeness (QED) is 0.708. The van der Waals surface area contributed by atoms with Gasteiger partial charge in [0, 0.05) is 42.7 Å². The van der Waals surface area contributed by atoms with Crippen LogP contribution >= 0.6 is 12.4 Å². The lowest BCUT2D eigenvalue weighted by Crippen LogP contribution is -2.13. The summed E-state index contributed by atoms with van der Waals surface area (Å²) in [5.74, 6) is 1.70. The number of benzene rings is 1. The summed E-state index contributed by atoms with van der Waals surface area (Å²) < 4.78 is 11.0. The highest BCUT2D eigenvalue weighted by Crippen LogP contribution is 2.19. The molecule has 3 rings (SSSR count). The van der Waals surface area contributed by atoms with Gasteiger partial charge in [0.15, 0.2) is 0 Å². The predicted molar refractivity (Wildman–Crippen MR) is 94.0 cm³/mol. The Bertz CT molecular complexity index is 747. The second kappa shape index (κ2) is 9.05. The second-order valence-electron chi connectivity index (χ2n) is 5.29. The van der Waals surface area contributed by atoms with Crippen LogP contribution < -0.4 is 10.1 Å². The van der Waals surface area contributed by atoms with Crippen molar-refractivity contribution in [1.82, 2.24) is 15.5 Å². The van der Waals surface area contributed by atoms with E-state index in [1.54, 1.807) is 6.20 Å². The lowest BCUT2D eigenvalue weighted by molar-refractivity contribution is 0.301. The van der Waals surface area contributed by atoms with Crippen LogP contribution in [-0.2, 0) is 19.7 Å². The summed E-state index contributed by atoms with van der Waals surface area (Å²) in [6, 6.07) is 13.9. The number of nitrogens with one attached hydrogen (secondary N) is 1. The van der Waals surface area contributed by atoms with Gasteiger partial charge in [-0.25, -0.2) is 0 Å². The van der Waals surface area contributed by atoms with Crippen molar-refractivity contribution >= 4 is 12.4 Å². The number of aryl methyl sites for hydroxylation is 1.